The first-order chi connectivity index (χ1) is 8.50. The summed E-state index contributed by atoms with van der Waals surface area (Å²) in [5, 5.41) is 10.7. The normalized spacial score (nSPS) is 10.3. The van der Waals surface area contributed by atoms with Gasteiger partial charge in [-0.1, -0.05) is 12.1 Å². The van der Waals surface area contributed by atoms with Crippen LogP contribution < -0.4 is 11.3 Å². The maximum atomic E-state index is 11.7. The second kappa shape index (κ2) is 4.33. The Kier molecular flexibility index (Phi) is 2.85. The van der Waals surface area contributed by atoms with E-state index in [1.165, 1.54) is 22.8 Å². The van der Waals surface area contributed by atoms with Crippen molar-refractivity contribution in [2.45, 2.75) is 0 Å². The molecule has 2 aromatic rings. The third-order valence-corrected chi connectivity index (χ3v) is 2.69. The lowest BCUT2D eigenvalue weighted by molar-refractivity contribution is -0.384. The fraction of sp³-hybridized carbons (Fsp3) is 0.0833. The lowest BCUT2D eigenvalue weighted by Gasteiger charge is -2.08. The van der Waals surface area contributed by atoms with Crippen LogP contribution in [-0.2, 0) is 7.05 Å². The van der Waals surface area contributed by atoms with E-state index in [-0.39, 0.29) is 16.9 Å². The van der Waals surface area contributed by atoms with Crippen LogP contribution in [0.2, 0.25) is 0 Å². The van der Waals surface area contributed by atoms with Crippen molar-refractivity contribution in [1.29, 1.82) is 0 Å². The molecule has 6 heteroatoms. The van der Waals surface area contributed by atoms with Crippen LogP contribution in [0.5, 0.6) is 0 Å². The first-order valence-electron chi connectivity index (χ1n) is 5.21. The smallest absolute Gasteiger partial charge is 0.273 e. The van der Waals surface area contributed by atoms with E-state index < -0.39 is 4.92 Å². The summed E-state index contributed by atoms with van der Waals surface area (Å²) in [6.07, 6.45) is 0. The third-order valence-electron chi connectivity index (χ3n) is 2.69. The molecule has 0 fully saturated rings. The summed E-state index contributed by atoms with van der Waals surface area (Å²) in [6, 6.07) is 9.27. The Morgan fingerprint density at radius 1 is 1.28 bits per heavy atom. The van der Waals surface area contributed by atoms with E-state index in [0.29, 0.717) is 11.3 Å². The van der Waals surface area contributed by atoms with Crippen LogP contribution in [0.1, 0.15) is 0 Å². The van der Waals surface area contributed by atoms with Crippen molar-refractivity contribution >= 4 is 11.4 Å². The fourth-order valence-electron chi connectivity index (χ4n) is 1.72. The van der Waals surface area contributed by atoms with Gasteiger partial charge in [-0.3, -0.25) is 14.9 Å². The maximum absolute atomic E-state index is 11.7. The monoisotopic (exact) mass is 245 g/mol. The van der Waals surface area contributed by atoms with Gasteiger partial charge < -0.3 is 10.3 Å². The number of nitro groups is 1. The van der Waals surface area contributed by atoms with E-state index in [2.05, 4.69) is 0 Å². The van der Waals surface area contributed by atoms with Gasteiger partial charge in [0.05, 0.1) is 16.3 Å². The first kappa shape index (κ1) is 11.8. The van der Waals surface area contributed by atoms with Crippen molar-refractivity contribution in [1.82, 2.24) is 4.57 Å². The number of anilines is 1. The molecule has 0 aliphatic carbocycles. The number of rotatable bonds is 2. The molecule has 0 spiro atoms. The van der Waals surface area contributed by atoms with Crippen molar-refractivity contribution in [3.63, 3.8) is 0 Å². The van der Waals surface area contributed by atoms with E-state index in [1.807, 2.05) is 0 Å². The quantitative estimate of drug-likeness (QED) is 0.641. The van der Waals surface area contributed by atoms with Gasteiger partial charge in [0.2, 0.25) is 0 Å². The number of nitro benzene ring substituents is 1. The zero-order chi connectivity index (χ0) is 13.3. The average molecular weight is 245 g/mol. The van der Waals surface area contributed by atoms with E-state index in [0.717, 1.165) is 0 Å². The standard InChI is InChI=1S/C12H11N3O3/c1-14-11(6-5-10(13)12(14)16)8-3-2-4-9(7-8)15(17)18/h2-7H,13H2,1H3. The summed E-state index contributed by atoms with van der Waals surface area (Å²) in [7, 11) is 1.58. The zero-order valence-corrected chi connectivity index (χ0v) is 9.66. The van der Waals surface area contributed by atoms with Crippen molar-refractivity contribution < 1.29 is 4.92 Å². The number of nitrogens with two attached hydrogens (primary N) is 1. The molecular weight excluding hydrogens is 234 g/mol. The zero-order valence-electron chi connectivity index (χ0n) is 9.66. The largest absolute Gasteiger partial charge is 0.394 e. The lowest BCUT2D eigenvalue weighted by Crippen LogP contribution is -2.21. The minimum absolute atomic E-state index is 0.0169. The SMILES string of the molecule is Cn1c(-c2cccc([N+](=O)[O-])c2)ccc(N)c1=O. The van der Waals surface area contributed by atoms with Gasteiger partial charge in [-0.2, -0.15) is 0 Å². The predicted molar refractivity (Wildman–Crippen MR) is 68.2 cm³/mol. The molecule has 0 atom stereocenters. The number of aromatic nitrogens is 1. The summed E-state index contributed by atoms with van der Waals surface area (Å²) in [6.45, 7) is 0. The van der Waals surface area contributed by atoms with Crippen LogP contribution in [0, 0.1) is 10.1 Å². The fourth-order valence-corrected chi connectivity index (χ4v) is 1.72. The van der Waals surface area contributed by atoms with E-state index in [9.17, 15) is 14.9 Å². The third kappa shape index (κ3) is 1.95. The van der Waals surface area contributed by atoms with Gasteiger partial charge in [-0.25, -0.2) is 0 Å². The predicted octanol–water partition coefficient (Wildman–Crippen LogP) is 1.54. The Labute approximate surface area is 102 Å². The molecule has 18 heavy (non-hydrogen) atoms. The number of nitrogen functional groups attached to an aromatic ring is 1. The molecule has 6 nitrogen and oxygen atoms in total. The molecule has 0 saturated heterocycles. The Balaban J connectivity index is 2.63. The van der Waals surface area contributed by atoms with Crippen LogP contribution in [0.15, 0.2) is 41.2 Å². The van der Waals surface area contributed by atoms with Gasteiger partial charge in [-0.15, -0.1) is 0 Å². The highest BCUT2D eigenvalue weighted by atomic mass is 16.6. The number of benzene rings is 1. The second-order valence-electron chi connectivity index (χ2n) is 3.85. The summed E-state index contributed by atoms with van der Waals surface area (Å²) in [4.78, 5) is 21.9. The van der Waals surface area contributed by atoms with E-state index >= 15 is 0 Å². The number of nitrogens with zero attached hydrogens (tertiary/aromatic N) is 2. The molecule has 92 valence electrons. The lowest BCUT2D eigenvalue weighted by atomic mass is 10.1. The van der Waals surface area contributed by atoms with Gasteiger partial charge in [0, 0.05) is 24.7 Å². The van der Waals surface area contributed by atoms with Gasteiger partial charge in [0.1, 0.15) is 0 Å². The number of non-ortho nitro benzene ring substituents is 1. The molecule has 0 aliphatic rings. The Hall–Kier alpha value is -2.63. The van der Waals surface area contributed by atoms with Gasteiger partial charge >= 0.3 is 0 Å². The highest BCUT2D eigenvalue weighted by Gasteiger charge is 2.10. The highest BCUT2D eigenvalue weighted by molar-refractivity contribution is 5.64. The Bertz CT molecular complexity index is 677. The van der Waals surface area contributed by atoms with Crippen LogP contribution in [-0.4, -0.2) is 9.49 Å². The maximum Gasteiger partial charge on any atom is 0.273 e. The van der Waals surface area contributed by atoms with Gasteiger partial charge in [-0.05, 0) is 12.1 Å². The molecule has 0 radical (unpaired) electrons. The van der Waals surface area contributed by atoms with Crippen molar-refractivity contribution in [3.05, 3.63) is 56.9 Å². The van der Waals surface area contributed by atoms with E-state index in [1.54, 1.807) is 25.2 Å². The minimum Gasteiger partial charge on any atom is -0.394 e. The molecule has 0 saturated carbocycles. The van der Waals surface area contributed by atoms with Crippen molar-refractivity contribution in [2.75, 3.05) is 5.73 Å². The molecule has 2 rings (SSSR count). The number of pyridine rings is 1. The molecule has 2 N–H and O–H groups in total. The number of hydrogen-bond donors (Lipinski definition) is 1. The van der Waals surface area contributed by atoms with Crippen molar-refractivity contribution in [2.24, 2.45) is 7.05 Å². The molecule has 0 unspecified atom stereocenters. The molecule has 1 aromatic heterocycles. The summed E-state index contributed by atoms with van der Waals surface area (Å²) in [5.74, 6) is 0. The molecular formula is C12H11N3O3. The second-order valence-corrected chi connectivity index (χ2v) is 3.85. The molecule has 0 amide bonds. The first-order valence-corrected chi connectivity index (χ1v) is 5.21. The van der Waals surface area contributed by atoms with Crippen molar-refractivity contribution in [3.8, 4) is 11.3 Å². The van der Waals surface area contributed by atoms with E-state index in [4.69, 9.17) is 5.73 Å². The Morgan fingerprint density at radius 2 is 2.00 bits per heavy atom. The molecule has 0 aliphatic heterocycles. The van der Waals surface area contributed by atoms with Gasteiger partial charge in [0.15, 0.2) is 0 Å². The molecule has 1 heterocycles. The average Bonchev–Trinajstić information content (AvgIpc) is 2.36. The molecule has 1 aromatic carbocycles. The van der Waals surface area contributed by atoms with Crippen LogP contribution in [0.4, 0.5) is 11.4 Å². The minimum atomic E-state index is -0.473. The summed E-state index contributed by atoms with van der Waals surface area (Å²) < 4.78 is 1.37. The topological polar surface area (TPSA) is 91.2 Å². The highest BCUT2D eigenvalue weighted by Crippen LogP contribution is 2.22. The van der Waals surface area contributed by atoms with Crippen LogP contribution in [0.3, 0.4) is 0 Å². The summed E-state index contributed by atoms with van der Waals surface area (Å²) in [5.41, 5.74) is 6.49. The Morgan fingerprint density at radius 3 is 2.67 bits per heavy atom. The van der Waals surface area contributed by atoms with Crippen LogP contribution in [0.25, 0.3) is 11.3 Å². The van der Waals surface area contributed by atoms with Gasteiger partial charge in [0.25, 0.3) is 11.2 Å². The van der Waals surface area contributed by atoms with Crippen LogP contribution >= 0.6 is 0 Å². The summed E-state index contributed by atoms with van der Waals surface area (Å²) >= 11 is 0. The number of hydrogen-bond acceptors (Lipinski definition) is 4. The molecule has 0 bridgehead atoms.